The highest BCUT2D eigenvalue weighted by Gasteiger charge is 2.14. The number of benzene rings is 1. The zero-order chi connectivity index (χ0) is 12.4. The van der Waals surface area contributed by atoms with Crippen LogP contribution >= 0.6 is 0 Å². The van der Waals surface area contributed by atoms with Gasteiger partial charge in [-0.05, 0) is 18.1 Å². The Morgan fingerprint density at radius 1 is 1.41 bits per heavy atom. The average molecular weight is 237 g/mol. The smallest absolute Gasteiger partial charge is 0.162 e. The maximum absolute atomic E-state index is 13.5. The van der Waals surface area contributed by atoms with Crippen LogP contribution in [-0.2, 0) is 13.5 Å². The number of nitrogens with two attached hydrogens (primary N) is 1. The molecule has 0 spiro atoms. The van der Waals surface area contributed by atoms with E-state index in [1.54, 1.807) is 17.1 Å². The fourth-order valence-corrected chi connectivity index (χ4v) is 1.77. The van der Waals surface area contributed by atoms with Crippen molar-refractivity contribution in [2.75, 3.05) is 0 Å². The lowest BCUT2D eigenvalue weighted by molar-refractivity contribution is 0.492. The fraction of sp³-hybridized carbons (Fsp3) is 0.250. The standard InChI is InChI=1S/C12H13F2N3/c1-17-7-16-6-11(17)10(15)5-8-3-2-4-9(13)12(8)14/h2-4,6-7,10H,5,15H2,1H3. The number of imidazole rings is 1. The van der Waals surface area contributed by atoms with Crippen LogP contribution in [0.3, 0.4) is 0 Å². The van der Waals surface area contributed by atoms with Gasteiger partial charge in [-0.15, -0.1) is 0 Å². The molecule has 0 saturated heterocycles. The van der Waals surface area contributed by atoms with Gasteiger partial charge >= 0.3 is 0 Å². The van der Waals surface area contributed by atoms with Crippen molar-refractivity contribution in [1.29, 1.82) is 0 Å². The van der Waals surface area contributed by atoms with Crippen LogP contribution in [0.2, 0.25) is 0 Å². The number of rotatable bonds is 3. The van der Waals surface area contributed by atoms with Gasteiger partial charge in [0.05, 0.1) is 18.1 Å². The van der Waals surface area contributed by atoms with Crippen LogP contribution < -0.4 is 5.73 Å². The van der Waals surface area contributed by atoms with Crippen LogP contribution in [-0.4, -0.2) is 9.55 Å². The molecule has 1 aromatic heterocycles. The largest absolute Gasteiger partial charge is 0.336 e. The summed E-state index contributed by atoms with van der Waals surface area (Å²) >= 11 is 0. The lowest BCUT2D eigenvalue weighted by Crippen LogP contribution is -2.17. The molecule has 17 heavy (non-hydrogen) atoms. The second-order valence-electron chi connectivity index (χ2n) is 3.95. The third-order valence-corrected chi connectivity index (χ3v) is 2.71. The van der Waals surface area contributed by atoms with E-state index in [1.165, 1.54) is 12.1 Å². The van der Waals surface area contributed by atoms with Crippen molar-refractivity contribution >= 4 is 0 Å². The average Bonchev–Trinajstić information content (AvgIpc) is 2.71. The molecule has 0 bridgehead atoms. The first-order chi connectivity index (χ1) is 8.09. The maximum Gasteiger partial charge on any atom is 0.162 e. The highest BCUT2D eigenvalue weighted by molar-refractivity contribution is 5.21. The summed E-state index contributed by atoms with van der Waals surface area (Å²) in [7, 11) is 1.81. The Labute approximate surface area is 97.9 Å². The fourth-order valence-electron chi connectivity index (χ4n) is 1.77. The second-order valence-corrected chi connectivity index (χ2v) is 3.95. The van der Waals surface area contributed by atoms with Crippen LogP contribution in [0.1, 0.15) is 17.3 Å². The van der Waals surface area contributed by atoms with Gasteiger partial charge in [0.1, 0.15) is 0 Å². The number of nitrogens with zero attached hydrogens (tertiary/aromatic N) is 2. The molecule has 2 aromatic rings. The molecule has 90 valence electrons. The van der Waals surface area contributed by atoms with Crippen molar-refractivity contribution in [3.05, 3.63) is 53.6 Å². The van der Waals surface area contributed by atoms with Crippen molar-refractivity contribution in [2.24, 2.45) is 12.8 Å². The van der Waals surface area contributed by atoms with Gasteiger partial charge in [-0.2, -0.15) is 0 Å². The van der Waals surface area contributed by atoms with Gasteiger partial charge in [-0.25, -0.2) is 13.8 Å². The molecular formula is C12H13F2N3. The Morgan fingerprint density at radius 2 is 2.18 bits per heavy atom. The van der Waals surface area contributed by atoms with Crippen LogP contribution in [0, 0.1) is 11.6 Å². The summed E-state index contributed by atoms with van der Waals surface area (Å²) in [5.74, 6) is -1.68. The molecule has 3 nitrogen and oxygen atoms in total. The summed E-state index contributed by atoms with van der Waals surface area (Å²) in [6.07, 6.45) is 3.49. The highest BCUT2D eigenvalue weighted by Crippen LogP contribution is 2.18. The number of hydrogen-bond acceptors (Lipinski definition) is 2. The minimum absolute atomic E-state index is 0.239. The van der Waals surface area contributed by atoms with E-state index in [1.807, 2.05) is 7.05 Å². The van der Waals surface area contributed by atoms with E-state index in [4.69, 9.17) is 5.73 Å². The molecule has 0 aliphatic rings. The summed E-state index contributed by atoms with van der Waals surface area (Å²) in [6, 6.07) is 3.70. The minimum Gasteiger partial charge on any atom is -0.336 e. The first kappa shape index (κ1) is 11.7. The molecular weight excluding hydrogens is 224 g/mol. The molecule has 1 atom stereocenters. The predicted molar refractivity (Wildman–Crippen MR) is 60.2 cm³/mol. The molecule has 1 heterocycles. The highest BCUT2D eigenvalue weighted by atomic mass is 19.2. The lowest BCUT2D eigenvalue weighted by Gasteiger charge is -2.12. The third-order valence-electron chi connectivity index (χ3n) is 2.71. The summed E-state index contributed by atoms with van der Waals surface area (Å²) < 4.78 is 28.2. The van der Waals surface area contributed by atoms with E-state index in [0.29, 0.717) is 0 Å². The van der Waals surface area contributed by atoms with Crippen LogP contribution in [0.5, 0.6) is 0 Å². The Bertz CT molecular complexity index is 522. The van der Waals surface area contributed by atoms with Gasteiger partial charge in [0.15, 0.2) is 11.6 Å². The van der Waals surface area contributed by atoms with Gasteiger partial charge in [0.2, 0.25) is 0 Å². The SMILES string of the molecule is Cn1cncc1C(N)Cc1cccc(F)c1F. The number of halogens is 2. The van der Waals surface area contributed by atoms with Crippen molar-refractivity contribution in [1.82, 2.24) is 9.55 Å². The maximum atomic E-state index is 13.5. The Morgan fingerprint density at radius 3 is 2.82 bits per heavy atom. The van der Waals surface area contributed by atoms with Crippen molar-refractivity contribution < 1.29 is 8.78 Å². The van der Waals surface area contributed by atoms with E-state index < -0.39 is 17.7 Å². The number of hydrogen-bond donors (Lipinski definition) is 1. The van der Waals surface area contributed by atoms with Crippen LogP contribution in [0.15, 0.2) is 30.7 Å². The molecule has 2 rings (SSSR count). The van der Waals surface area contributed by atoms with Crippen LogP contribution in [0.4, 0.5) is 8.78 Å². The molecule has 1 aromatic carbocycles. The Hall–Kier alpha value is -1.75. The first-order valence-corrected chi connectivity index (χ1v) is 5.24. The molecule has 1 unspecified atom stereocenters. The zero-order valence-electron chi connectivity index (χ0n) is 9.40. The number of aryl methyl sites for hydroxylation is 1. The quantitative estimate of drug-likeness (QED) is 0.886. The summed E-state index contributed by atoms with van der Waals surface area (Å²) in [6.45, 7) is 0. The lowest BCUT2D eigenvalue weighted by atomic mass is 10.0. The zero-order valence-corrected chi connectivity index (χ0v) is 9.40. The van der Waals surface area contributed by atoms with Gasteiger partial charge < -0.3 is 10.3 Å². The Kier molecular flexibility index (Phi) is 3.19. The number of aromatic nitrogens is 2. The molecule has 2 N–H and O–H groups in total. The molecule has 0 aliphatic carbocycles. The summed E-state index contributed by atoms with van der Waals surface area (Å²) in [5.41, 5.74) is 7.00. The van der Waals surface area contributed by atoms with E-state index in [9.17, 15) is 8.78 Å². The predicted octanol–water partition coefficient (Wildman–Crippen LogP) is 1.94. The van der Waals surface area contributed by atoms with E-state index >= 15 is 0 Å². The van der Waals surface area contributed by atoms with E-state index in [-0.39, 0.29) is 12.0 Å². The Balaban J connectivity index is 2.22. The molecule has 0 amide bonds. The third kappa shape index (κ3) is 2.34. The van der Waals surface area contributed by atoms with Crippen LogP contribution in [0.25, 0.3) is 0 Å². The molecule has 0 fully saturated rings. The topological polar surface area (TPSA) is 43.8 Å². The van der Waals surface area contributed by atoms with Gasteiger partial charge in [0.25, 0.3) is 0 Å². The monoisotopic (exact) mass is 237 g/mol. The van der Waals surface area contributed by atoms with Gasteiger partial charge in [-0.3, -0.25) is 0 Å². The molecule has 5 heteroatoms. The molecule has 0 aliphatic heterocycles. The first-order valence-electron chi connectivity index (χ1n) is 5.24. The molecule has 0 radical (unpaired) electrons. The van der Waals surface area contributed by atoms with Crippen molar-refractivity contribution in [2.45, 2.75) is 12.5 Å². The van der Waals surface area contributed by atoms with Gasteiger partial charge in [0, 0.05) is 13.2 Å². The molecule has 0 saturated carbocycles. The van der Waals surface area contributed by atoms with Gasteiger partial charge in [-0.1, -0.05) is 12.1 Å². The van der Waals surface area contributed by atoms with E-state index in [2.05, 4.69) is 4.98 Å². The summed E-state index contributed by atoms with van der Waals surface area (Å²) in [4.78, 5) is 3.94. The minimum atomic E-state index is -0.847. The van der Waals surface area contributed by atoms with Crippen molar-refractivity contribution in [3.8, 4) is 0 Å². The second kappa shape index (κ2) is 4.63. The summed E-state index contributed by atoms with van der Waals surface area (Å²) in [5, 5.41) is 0. The van der Waals surface area contributed by atoms with Crippen molar-refractivity contribution in [3.63, 3.8) is 0 Å². The van der Waals surface area contributed by atoms with E-state index in [0.717, 1.165) is 11.8 Å². The normalized spacial score (nSPS) is 12.7.